The van der Waals surface area contributed by atoms with Gasteiger partial charge >= 0.3 is 0 Å². The van der Waals surface area contributed by atoms with Crippen LogP contribution in [0, 0.1) is 0 Å². The van der Waals surface area contributed by atoms with E-state index in [1.54, 1.807) is 18.0 Å². The van der Waals surface area contributed by atoms with E-state index in [0.29, 0.717) is 17.9 Å². The third-order valence-electron chi connectivity index (χ3n) is 3.38. The van der Waals surface area contributed by atoms with Gasteiger partial charge in [0, 0.05) is 28.4 Å². The predicted molar refractivity (Wildman–Crippen MR) is 100 cm³/mol. The van der Waals surface area contributed by atoms with Crippen molar-refractivity contribution in [3.8, 4) is 5.75 Å². The molecule has 126 valence electrons. The second-order valence-electron chi connectivity index (χ2n) is 5.21. The zero-order valence-corrected chi connectivity index (χ0v) is 14.6. The molecule has 0 saturated heterocycles. The first-order valence-corrected chi connectivity index (χ1v) is 8.79. The molecule has 25 heavy (non-hydrogen) atoms. The highest BCUT2D eigenvalue weighted by Crippen LogP contribution is 2.26. The number of hydrogen-bond donors (Lipinski definition) is 1. The maximum atomic E-state index is 12.4. The molecule has 0 fully saturated rings. The zero-order valence-electron chi connectivity index (χ0n) is 13.8. The lowest BCUT2D eigenvalue weighted by Crippen LogP contribution is -2.11. The van der Waals surface area contributed by atoms with Gasteiger partial charge in [0.1, 0.15) is 10.8 Å². The van der Waals surface area contributed by atoms with Crippen molar-refractivity contribution in [1.82, 2.24) is 4.98 Å². The van der Waals surface area contributed by atoms with Gasteiger partial charge in [0.15, 0.2) is 0 Å². The fraction of sp³-hybridized carbons (Fsp3) is 0.100. The number of benzene rings is 2. The molecule has 1 N–H and O–H groups in total. The van der Waals surface area contributed by atoms with E-state index in [1.165, 1.54) is 0 Å². The lowest BCUT2D eigenvalue weighted by molar-refractivity contribution is 0.102. The van der Waals surface area contributed by atoms with Gasteiger partial charge in [0.25, 0.3) is 5.91 Å². The summed E-state index contributed by atoms with van der Waals surface area (Å²) in [5, 5.41) is 3.81. The molecule has 2 aromatic carbocycles. The first kappa shape index (κ1) is 17.0. The van der Waals surface area contributed by atoms with E-state index in [1.807, 2.05) is 73.7 Å². The number of hydrogen-bond acceptors (Lipinski definition) is 4. The molecule has 5 heteroatoms. The van der Waals surface area contributed by atoms with E-state index < -0.39 is 0 Å². The second-order valence-corrected chi connectivity index (χ2v) is 6.30. The number of amides is 1. The molecule has 4 nitrogen and oxygen atoms in total. The minimum absolute atomic E-state index is 0.150. The van der Waals surface area contributed by atoms with Crippen molar-refractivity contribution in [2.24, 2.45) is 0 Å². The fourth-order valence-corrected chi connectivity index (χ4v) is 3.01. The van der Waals surface area contributed by atoms with Gasteiger partial charge in [-0.1, -0.05) is 23.9 Å². The Labute approximate surface area is 151 Å². The van der Waals surface area contributed by atoms with Crippen LogP contribution in [0.15, 0.2) is 82.8 Å². The molecule has 0 aliphatic rings. The molecule has 0 bridgehead atoms. The van der Waals surface area contributed by atoms with Gasteiger partial charge in [-0.15, -0.1) is 0 Å². The topological polar surface area (TPSA) is 51.2 Å². The summed E-state index contributed by atoms with van der Waals surface area (Å²) in [6.07, 6.45) is 1.76. The molecule has 1 amide bonds. The minimum atomic E-state index is -0.150. The van der Waals surface area contributed by atoms with E-state index in [2.05, 4.69) is 10.3 Å². The molecule has 0 spiro atoms. The number of ether oxygens (including phenoxy) is 1. The van der Waals surface area contributed by atoms with E-state index >= 15 is 0 Å². The van der Waals surface area contributed by atoms with E-state index in [4.69, 9.17) is 4.74 Å². The summed E-state index contributed by atoms with van der Waals surface area (Å²) in [6.45, 7) is 2.52. The van der Waals surface area contributed by atoms with Gasteiger partial charge in [-0.2, -0.15) is 0 Å². The predicted octanol–water partition coefficient (Wildman–Crippen LogP) is 4.88. The lowest BCUT2D eigenvalue weighted by atomic mass is 10.2. The van der Waals surface area contributed by atoms with Crippen LogP contribution in [0.2, 0.25) is 0 Å². The van der Waals surface area contributed by atoms with E-state index in [0.717, 1.165) is 15.7 Å². The van der Waals surface area contributed by atoms with Crippen molar-refractivity contribution in [2.75, 3.05) is 11.9 Å². The molecule has 0 atom stereocenters. The van der Waals surface area contributed by atoms with Crippen LogP contribution in [0.4, 0.5) is 5.69 Å². The summed E-state index contributed by atoms with van der Waals surface area (Å²) in [6, 6.07) is 20.6. The third-order valence-corrected chi connectivity index (χ3v) is 4.34. The summed E-state index contributed by atoms with van der Waals surface area (Å²) in [7, 11) is 0. The Kier molecular flexibility index (Phi) is 5.69. The highest BCUT2D eigenvalue weighted by atomic mass is 32.2. The maximum absolute atomic E-state index is 12.4. The van der Waals surface area contributed by atoms with Crippen molar-refractivity contribution < 1.29 is 9.53 Å². The van der Waals surface area contributed by atoms with Crippen LogP contribution < -0.4 is 10.1 Å². The number of anilines is 1. The van der Waals surface area contributed by atoms with Crippen LogP contribution in [0.3, 0.4) is 0 Å². The van der Waals surface area contributed by atoms with Gasteiger partial charge in [-0.3, -0.25) is 4.79 Å². The Hall–Kier alpha value is -2.79. The van der Waals surface area contributed by atoms with Gasteiger partial charge in [0.2, 0.25) is 0 Å². The Morgan fingerprint density at radius 1 is 1.08 bits per heavy atom. The van der Waals surface area contributed by atoms with Crippen LogP contribution >= 0.6 is 11.8 Å². The lowest BCUT2D eigenvalue weighted by Gasteiger charge is -2.08. The molecule has 3 rings (SSSR count). The molecule has 1 aromatic heterocycles. The van der Waals surface area contributed by atoms with Crippen LogP contribution in [-0.2, 0) is 0 Å². The quantitative estimate of drug-likeness (QED) is 0.688. The van der Waals surface area contributed by atoms with E-state index in [-0.39, 0.29) is 5.91 Å². The van der Waals surface area contributed by atoms with Gasteiger partial charge < -0.3 is 10.1 Å². The van der Waals surface area contributed by atoms with Crippen molar-refractivity contribution in [2.45, 2.75) is 16.8 Å². The molecule has 3 aromatic rings. The zero-order chi connectivity index (χ0) is 17.5. The Bertz CT molecular complexity index is 836. The van der Waals surface area contributed by atoms with Gasteiger partial charge in [-0.25, -0.2) is 4.98 Å². The first-order chi connectivity index (χ1) is 12.2. The number of aromatic nitrogens is 1. The standard InChI is InChI=1S/C20H18N2O2S/c1-2-24-17-7-5-6-16(14-17)22-20(23)15-9-11-18(12-10-15)25-19-8-3-4-13-21-19/h3-14H,2H2,1H3,(H,22,23). The Morgan fingerprint density at radius 2 is 1.92 bits per heavy atom. The number of rotatable bonds is 6. The van der Waals surface area contributed by atoms with Crippen molar-refractivity contribution in [1.29, 1.82) is 0 Å². The maximum Gasteiger partial charge on any atom is 0.255 e. The fourth-order valence-electron chi connectivity index (χ4n) is 2.24. The molecule has 0 saturated carbocycles. The van der Waals surface area contributed by atoms with Crippen molar-refractivity contribution in [3.63, 3.8) is 0 Å². The summed E-state index contributed by atoms with van der Waals surface area (Å²) in [5.41, 5.74) is 1.31. The van der Waals surface area contributed by atoms with Crippen LogP contribution in [0.25, 0.3) is 0 Å². The number of carbonyl (C=O) groups is 1. The SMILES string of the molecule is CCOc1cccc(NC(=O)c2ccc(Sc3ccccn3)cc2)c1. The van der Waals surface area contributed by atoms with Crippen molar-refractivity contribution in [3.05, 3.63) is 78.5 Å². The Balaban J connectivity index is 1.65. The smallest absolute Gasteiger partial charge is 0.255 e. The van der Waals surface area contributed by atoms with Crippen molar-refractivity contribution >= 4 is 23.4 Å². The van der Waals surface area contributed by atoms with Crippen LogP contribution in [-0.4, -0.2) is 17.5 Å². The van der Waals surface area contributed by atoms with Gasteiger partial charge in [-0.05, 0) is 55.5 Å². The summed E-state index contributed by atoms with van der Waals surface area (Å²) >= 11 is 1.56. The van der Waals surface area contributed by atoms with E-state index in [9.17, 15) is 4.79 Å². The molecular formula is C20H18N2O2S. The molecule has 0 unspecified atom stereocenters. The molecule has 1 heterocycles. The number of pyridine rings is 1. The summed E-state index contributed by atoms with van der Waals surface area (Å²) in [5.74, 6) is 0.588. The van der Waals surface area contributed by atoms with Gasteiger partial charge in [0.05, 0.1) is 6.61 Å². The number of nitrogens with one attached hydrogen (secondary N) is 1. The highest BCUT2D eigenvalue weighted by Gasteiger charge is 2.07. The first-order valence-electron chi connectivity index (χ1n) is 7.98. The average molecular weight is 350 g/mol. The third kappa shape index (κ3) is 4.84. The normalized spacial score (nSPS) is 10.3. The minimum Gasteiger partial charge on any atom is -0.494 e. The van der Waals surface area contributed by atoms with Crippen LogP contribution in [0.1, 0.15) is 17.3 Å². The molecule has 0 aliphatic heterocycles. The summed E-state index contributed by atoms with van der Waals surface area (Å²) < 4.78 is 5.45. The molecular weight excluding hydrogens is 332 g/mol. The number of nitrogens with zero attached hydrogens (tertiary/aromatic N) is 1. The monoisotopic (exact) mass is 350 g/mol. The average Bonchev–Trinajstić information content (AvgIpc) is 2.64. The largest absolute Gasteiger partial charge is 0.494 e. The van der Waals surface area contributed by atoms with Crippen LogP contribution in [0.5, 0.6) is 5.75 Å². The molecule has 0 aliphatic carbocycles. The second kappa shape index (κ2) is 8.35. The molecule has 0 radical (unpaired) electrons. The summed E-state index contributed by atoms with van der Waals surface area (Å²) in [4.78, 5) is 17.7. The Morgan fingerprint density at radius 3 is 2.64 bits per heavy atom. The highest BCUT2D eigenvalue weighted by molar-refractivity contribution is 7.99. The number of carbonyl (C=O) groups excluding carboxylic acids is 1.